The fraction of sp³-hybridized carbons (Fsp3) is 0.143. The molecule has 2 aromatic rings. The lowest BCUT2D eigenvalue weighted by atomic mass is 9.88. The van der Waals surface area contributed by atoms with Crippen molar-refractivity contribution in [2.75, 3.05) is 11.9 Å². The summed E-state index contributed by atoms with van der Waals surface area (Å²) in [7, 11) is 1.72. The van der Waals surface area contributed by atoms with Crippen molar-refractivity contribution in [2.45, 2.75) is 5.92 Å². The highest BCUT2D eigenvalue weighted by atomic mass is 32.1. The molecule has 90 valence electrons. The zero-order valence-corrected chi connectivity index (χ0v) is 10.6. The van der Waals surface area contributed by atoms with Gasteiger partial charge in [0.1, 0.15) is 10.9 Å². The molecule has 0 saturated heterocycles. The SMILES string of the molecule is CN1C(=O)C(c2ccccc2)C(=O)c2ccsc21. The fourth-order valence-corrected chi connectivity index (χ4v) is 3.13. The normalized spacial score (nSPS) is 18.9. The highest BCUT2D eigenvalue weighted by Crippen LogP contribution is 2.37. The van der Waals surface area contributed by atoms with Crippen molar-refractivity contribution in [2.24, 2.45) is 0 Å². The number of rotatable bonds is 1. The van der Waals surface area contributed by atoms with Gasteiger partial charge in [0.15, 0.2) is 5.78 Å². The van der Waals surface area contributed by atoms with Gasteiger partial charge in [-0.05, 0) is 17.0 Å². The predicted octanol–water partition coefficient (Wildman–Crippen LogP) is 2.69. The third-order valence-electron chi connectivity index (χ3n) is 3.19. The molecule has 1 aromatic heterocycles. The summed E-state index contributed by atoms with van der Waals surface area (Å²) >= 11 is 1.42. The number of Topliss-reactive ketones (excluding diaryl/α,β-unsaturated/α-hetero) is 1. The molecule has 1 atom stereocenters. The van der Waals surface area contributed by atoms with Crippen molar-refractivity contribution in [3.63, 3.8) is 0 Å². The topological polar surface area (TPSA) is 37.4 Å². The number of anilines is 1. The second-order valence-electron chi connectivity index (χ2n) is 4.24. The Morgan fingerprint density at radius 3 is 2.56 bits per heavy atom. The minimum atomic E-state index is -0.696. The Morgan fingerprint density at radius 2 is 1.83 bits per heavy atom. The molecule has 3 rings (SSSR count). The minimum absolute atomic E-state index is 0.0967. The second-order valence-corrected chi connectivity index (χ2v) is 5.14. The number of carbonyl (C=O) groups excluding carboxylic acids is 2. The highest BCUT2D eigenvalue weighted by molar-refractivity contribution is 7.15. The molecule has 0 radical (unpaired) electrons. The summed E-state index contributed by atoms with van der Waals surface area (Å²) < 4.78 is 0. The third kappa shape index (κ3) is 1.49. The molecule has 0 spiro atoms. The molecule has 4 heteroatoms. The van der Waals surface area contributed by atoms with Crippen LogP contribution in [0.3, 0.4) is 0 Å². The number of hydrogen-bond donors (Lipinski definition) is 0. The first-order valence-electron chi connectivity index (χ1n) is 5.64. The number of ketones is 1. The van der Waals surface area contributed by atoms with Crippen LogP contribution in [0.2, 0.25) is 0 Å². The molecule has 0 fully saturated rings. The summed E-state index contributed by atoms with van der Waals surface area (Å²) in [4.78, 5) is 26.3. The third-order valence-corrected chi connectivity index (χ3v) is 4.18. The van der Waals surface area contributed by atoms with E-state index in [2.05, 4.69) is 0 Å². The number of fused-ring (bicyclic) bond motifs is 1. The average Bonchev–Trinajstić information content (AvgIpc) is 2.87. The van der Waals surface area contributed by atoms with Gasteiger partial charge in [-0.2, -0.15) is 0 Å². The van der Waals surface area contributed by atoms with Crippen LogP contribution >= 0.6 is 11.3 Å². The van der Waals surface area contributed by atoms with E-state index in [0.717, 1.165) is 10.6 Å². The second kappa shape index (κ2) is 4.07. The maximum absolute atomic E-state index is 12.4. The van der Waals surface area contributed by atoms with E-state index in [1.807, 2.05) is 35.7 Å². The maximum atomic E-state index is 12.4. The van der Waals surface area contributed by atoms with Gasteiger partial charge in [0.05, 0.1) is 5.56 Å². The standard InChI is InChI=1S/C14H11NO2S/c1-15-13(17)11(9-5-3-2-4-6-9)12(16)10-7-8-18-14(10)15/h2-8,11H,1H3. The summed E-state index contributed by atoms with van der Waals surface area (Å²) in [6.07, 6.45) is 0. The Bertz CT molecular complexity index is 618. The molecule has 3 nitrogen and oxygen atoms in total. The Kier molecular flexibility index (Phi) is 2.52. The van der Waals surface area contributed by atoms with E-state index < -0.39 is 5.92 Å². The molecule has 1 aromatic carbocycles. The van der Waals surface area contributed by atoms with Crippen molar-refractivity contribution in [1.29, 1.82) is 0 Å². The van der Waals surface area contributed by atoms with Crippen LogP contribution in [0.15, 0.2) is 41.8 Å². The number of benzene rings is 1. The molecule has 1 unspecified atom stereocenters. The van der Waals surface area contributed by atoms with Crippen molar-refractivity contribution in [3.8, 4) is 0 Å². The van der Waals surface area contributed by atoms with E-state index in [4.69, 9.17) is 0 Å². The van der Waals surface area contributed by atoms with Crippen LogP contribution in [0, 0.1) is 0 Å². The van der Waals surface area contributed by atoms with Crippen molar-refractivity contribution in [1.82, 2.24) is 0 Å². The van der Waals surface area contributed by atoms with E-state index in [0.29, 0.717) is 5.56 Å². The Morgan fingerprint density at radius 1 is 1.11 bits per heavy atom. The highest BCUT2D eigenvalue weighted by Gasteiger charge is 2.39. The lowest BCUT2D eigenvalue weighted by Gasteiger charge is -2.28. The average molecular weight is 257 g/mol. The number of amides is 1. The van der Waals surface area contributed by atoms with Gasteiger partial charge in [-0.15, -0.1) is 11.3 Å². The minimum Gasteiger partial charge on any atom is -0.305 e. The zero-order valence-electron chi connectivity index (χ0n) is 9.79. The van der Waals surface area contributed by atoms with E-state index in [9.17, 15) is 9.59 Å². The van der Waals surface area contributed by atoms with Gasteiger partial charge >= 0.3 is 0 Å². The Balaban J connectivity index is 2.13. The number of hydrogen-bond acceptors (Lipinski definition) is 3. The molecular formula is C14H11NO2S. The largest absolute Gasteiger partial charge is 0.305 e. The first-order chi connectivity index (χ1) is 8.70. The first kappa shape index (κ1) is 11.2. The van der Waals surface area contributed by atoms with E-state index >= 15 is 0 Å². The lowest BCUT2D eigenvalue weighted by molar-refractivity contribution is -0.118. The monoisotopic (exact) mass is 257 g/mol. The van der Waals surface area contributed by atoms with Gasteiger partial charge in [-0.1, -0.05) is 30.3 Å². The van der Waals surface area contributed by atoms with Gasteiger partial charge in [0.25, 0.3) is 0 Å². The molecular weight excluding hydrogens is 246 g/mol. The first-order valence-corrected chi connectivity index (χ1v) is 6.52. The van der Waals surface area contributed by atoms with E-state index in [-0.39, 0.29) is 11.7 Å². The van der Waals surface area contributed by atoms with Crippen LogP contribution in [-0.4, -0.2) is 18.7 Å². The summed E-state index contributed by atoms with van der Waals surface area (Å²) in [6.45, 7) is 0. The quantitative estimate of drug-likeness (QED) is 0.737. The maximum Gasteiger partial charge on any atom is 0.242 e. The summed E-state index contributed by atoms with van der Waals surface area (Å²) in [6, 6.07) is 11.0. The summed E-state index contributed by atoms with van der Waals surface area (Å²) in [5, 5.41) is 2.59. The van der Waals surface area contributed by atoms with Crippen LogP contribution in [0.5, 0.6) is 0 Å². The molecule has 0 bridgehead atoms. The van der Waals surface area contributed by atoms with Gasteiger partial charge < -0.3 is 4.90 Å². The molecule has 0 N–H and O–H groups in total. The Labute approximate surface area is 109 Å². The fourth-order valence-electron chi connectivity index (χ4n) is 2.25. The molecule has 0 saturated carbocycles. The number of thiophene rings is 1. The molecule has 0 aliphatic carbocycles. The lowest BCUT2D eigenvalue weighted by Crippen LogP contribution is -2.40. The number of nitrogens with zero attached hydrogens (tertiary/aromatic N) is 1. The van der Waals surface area contributed by atoms with Gasteiger partial charge in [-0.3, -0.25) is 9.59 Å². The zero-order chi connectivity index (χ0) is 12.7. The van der Waals surface area contributed by atoms with Gasteiger partial charge in [0, 0.05) is 7.05 Å². The van der Waals surface area contributed by atoms with Crippen molar-refractivity contribution < 1.29 is 9.59 Å². The van der Waals surface area contributed by atoms with Crippen LogP contribution < -0.4 is 4.90 Å². The molecule has 1 aliphatic heterocycles. The van der Waals surface area contributed by atoms with Crippen LogP contribution in [-0.2, 0) is 4.79 Å². The molecule has 1 aliphatic rings. The van der Waals surface area contributed by atoms with E-state index in [1.54, 1.807) is 18.0 Å². The van der Waals surface area contributed by atoms with Gasteiger partial charge in [-0.25, -0.2) is 0 Å². The van der Waals surface area contributed by atoms with Crippen LogP contribution in [0.25, 0.3) is 0 Å². The summed E-state index contributed by atoms with van der Waals surface area (Å²) in [5.74, 6) is -0.944. The number of carbonyl (C=O) groups is 2. The smallest absolute Gasteiger partial charge is 0.242 e. The van der Waals surface area contributed by atoms with Crippen molar-refractivity contribution in [3.05, 3.63) is 52.9 Å². The van der Waals surface area contributed by atoms with Gasteiger partial charge in [0.2, 0.25) is 5.91 Å². The molecule has 2 heterocycles. The number of likely N-dealkylation sites (N-methyl/N-ethyl adjacent to an activating group) is 1. The Hall–Kier alpha value is -1.94. The molecule has 1 amide bonds. The predicted molar refractivity (Wildman–Crippen MR) is 71.2 cm³/mol. The molecule has 18 heavy (non-hydrogen) atoms. The summed E-state index contributed by atoms with van der Waals surface area (Å²) in [5.41, 5.74) is 1.41. The van der Waals surface area contributed by atoms with Crippen LogP contribution in [0.1, 0.15) is 21.8 Å². The van der Waals surface area contributed by atoms with Crippen molar-refractivity contribution >= 4 is 28.0 Å². The van der Waals surface area contributed by atoms with E-state index in [1.165, 1.54) is 11.3 Å². The van der Waals surface area contributed by atoms with Crippen LogP contribution in [0.4, 0.5) is 5.00 Å².